The van der Waals surface area contributed by atoms with E-state index in [1.165, 1.54) is 5.56 Å². The van der Waals surface area contributed by atoms with Crippen molar-refractivity contribution >= 4 is 11.9 Å². The summed E-state index contributed by atoms with van der Waals surface area (Å²) < 4.78 is 0. The quantitative estimate of drug-likeness (QED) is 0.834. The van der Waals surface area contributed by atoms with Gasteiger partial charge in [-0.1, -0.05) is 44.2 Å². The number of hydrogen-bond acceptors (Lipinski definition) is 5. The maximum Gasteiger partial charge on any atom is 0.240 e. The fraction of sp³-hybridized carbons (Fsp3) is 0.500. The summed E-state index contributed by atoms with van der Waals surface area (Å²) in [5.41, 5.74) is 8.73. The maximum absolute atomic E-state index is 12.5. The zero-order valence-electron chi connectivity index (χ0n) is 16.9. The molecule has 1 fully saturated rings. The Morgan fingerprint density at radius 1 is 1.29 bits per heavy atom. The van der Waals surface area contributed by atoms with Crippen LogP contribution in [0.5, 0.6) is 0 Å². The molecule has 148 valence electrons. The van der Waals surface area contributed by atoms with E-state index < -0.39 is 5.54 Å². The molecule has 1 atom stereocenters. The standard InChI is InChI=1S/C22H29N5O/c1-21(2)11-17(25-19(28)22(23)9-10-22)16-13-24-20(26-18(16)12-21)27(3)14-15-7-5-4-6-8-15/h4-8,13,17H,9-12,14,23H2,1-3H3,(H,25,28)/t17-/m1/s1. The van der Waals surface area contributed by atoms with Gasteiger partial charge in [0.25, 0.3) is 0 Å². The summed E-state index contributed by atoms with van der Waals surface area (Å²) in [6.45, 7) is 5.19. The monoisotopic (exact) mass is 379 g/mol. The number of nitrogens with two attached hydrogens (primary N) is 1. The summed E-state index contributed by atoms with van der Waals surface area (Å²) in [6, 6.07) is 10.2. The maximum atomic E-state index is 12.5. The van der Waals surface area contributed by atoms with Gasteiger partial charge < -0.3 is 16.0 Å². The Kier molecular flexibility index (Phi) is 4.62. The van der Waals surface area contributed by atoms with Crippen LogP contribution in [0.15, 0.2) is 36.5 Å². The Balaban J connectivity index is 1.57. The number of nitrogens with one attached hydrogen (secondary N) is 1. The van der Waals surface area contributed by atoms with Gasteiger partial charge in [-0.25, -0.2) is 9.97 Å². The second kappa shape index (κ2) is 6.85. The van der Waals surface area contributed by atoms with Crippen LogP contribution < -0.4 is 16.0 Å². The number of amides is 1. The molecule has 0 bridgehead atoms. The Bertz CT molecular complexity index is 876. The summed E-state index contributed by atoms with van der Waals surface area (Å²) in [7, 11) is 2.01. The Hall–Kier alpha value is -2.47. The molecular weight excluding hydrogens is 350 g/mol. The van der Waals surface area contributed by atoms with Crippen LogP contribution in [0.1, 0.15) is 56.0 Å². The molecule has 0 radical (unpaired) electrons. The largest absolute Gasteiger partial charge is 0.348 e. The van der Waals surface area contributed by atoms with Gasteiger partial charge in [0.2, 0.25) is 11.9 Å². The third-order valence-electron chi connectivity index (χ3n) is 5.82. The highest BCUT2D eigenvalue weighted by atomic mass is 16.2. The predicted molar refractivity (Wildman–Crippen MR) is 110 cm³/mol. The number of benzene rings is 1. The Labute approximate surface area is 166 Å². The van der Waals surface area contributed by atoms with Crippen molar-refractivity contribution in [2.24, 2.45) is 11.1 Å². The van der Waals surface area contributed by atoms with Crippen LogP contribution >= 0.6 is 0 Å². The number of anilines is 1. The fourth-order valence-corrected chi connectivity index (χ4v) is 3.94. The lowest BCUT2D eigenvalue weighted by atomic mass is 9.74. The minimum atomic E-state index is -0.668. The van der Waals surface area contributed by atoms with Crippen molar-refractivity contribution in [3.8, 4) is 0 Å². The lowest BCUT2D eigenvalue weighted by Gasteiger charge is -2.37. The van der Waals surface area contributed by atoms with E-state index in [0.29, 0.717) is 5.95 Å². The van der Waals surface area contributed by atoms with Gasteiger partial charge >= 0.3 is 0 Å². The first kappa shape index (κ1) is 18.9. The van der Waals surface area contributed by atoms with Crippen LogP contribution in [0.3, 0.4) is 0 Å². The molecule has 6 heteroatoms. The lowest BCUT2D eigenvalue weighted by molar-refractivity contribution is -0.124. The van der Waals surface area contributed by atoms with Gasteiger partial charge in [-0.2, -0.15) is 0 Å². The number of nitrogens with zero attached hydrogens (tertiary/aromatic N) is 3. The number of hydrogen-bond donors (Lipinski definition) is 2. The molecule has 1 saturated carbocycles. The number of carbonyl (C=O) groups is 1. The van der Waals surface area contributed by atoms with E-state index >= 15 is 0 Å². The van der Waals surface area contributed by atoms with Crippen LogP contribution in [-0.2, 0) is 17.8 Å². The van der Waals surface area contributed by atoms with Crippen LogP contribution in [0.25, 0.3) is 0 Å². The molecule has 2 aliphatic carbocycles. The van der Waals surface area contributed by atoms with E-state index in [2.05, 4.69) is 41.2 Å². The first-order chi connectivity index (χ1) is 13.3. The molecule has 0 unspecified atom stereocenters. The summed E-state index contributed by atoms with van der Waals surface area (Å²) in [5, 5.41) is 3.16. The molecule has 2 aliphatic rings. The van der Waals surface area contributed by atoms with Gasteiger partial charge in [-0.05, 0) is 36.7 Å². The van der Waals surface area contributed by atoms with E-state index in [-0.39, 0.29) is 17.4 Å². The van der Waals surface area contributed by atoms with Gasteiger partial charge in [0, 0.05) is 25.4 Å². The molecule has 6 nitrogen and oxygen atoms in total. The van der Waals surface area contributed by atoms with Gasteiger partial charge in [-0.3, -0.25) is 4.79 Å². The number of fused-ring (bicyclic) bond motifs is 1. The topological polar surface area (TPSA) is 84.1 Å². The molecule has 0 aliphatic heterocycles. The summed E-state index contributed by atoms with van der Waals surface area (Å²) in [6.07, 6.45) is 5.15. The molecule has 28 heavy (non-hydrogen) atoms. The predicted octanol–water partition coefficient (Wildman–Crippen LogP) is 2.73. The fourth-order valence-electron chi connectivity index (χ4n) is 3.94. The Morgan fingerprint density at radius 2 is 2.00 bits per heavy atom. The molecule has 4 rings (SSSR count). The molecule has 1 heterocycles. The average Bonchev–Trinajstić information content (AvgIpc) is 3.40. The number of rotatable bonds is 5. The van der Waals surface area contributed by atoms with E-state index in [1.807, 2.05) is 31.4 Å². The second-order valence-corrected chi connectivity index (χ2v) is 9.14. The second-order valence-electron chi connectivity index (χ2n) is 9.14. The Morgan fingerprint density at radius 3 is 2.68 bits per heavy atom. The van der Waals surface area contributed by atoms with Crippen LogP contribution in [0.2, 0.25) is 0 Å². The van der Waals surface area contributed by atoms with Crippen molar-refractivity contribution < 1.29 is 4.79 Å². The van der Waals surface area contributed by atoms with Crippen LogP contribution in [0.4, 0.5) is 5.95 Å². The van der Waals surface area contributed by atoms with Gasteiger partial charge in [0.05, 0.1) is 17.3 Å². The van der Waals surface area contributed by atoms with Crippen molar-refractivity contribution in [3.05, 3.63) is 53.3 Å². The summed E-state index contributed by atoms with van der Waals surface area (Å²) >= 11 is 0. The van der Waals surface area contributed by atoms with Crippen molar-refractivity contribution in [1.29, 1.82) is 0 Å². The van der Waals surface area contributed by atoms with Gasteiger partial charge in [0.1, 0.15) is 0 Å². The normalized spacial score (nSPS) is 21.5. The minimum Gasteiger partial charge on any atom is -0.348 e. The van der Waals surface area contributed by atoms with Crippen LogP contribution in [0, 0.1) is 5.41 Å². The van der Waals surface area contributed by atoms with Crippen molar-refractivity contribution in [2.45, 2.75) is 57.7 Å². The molecule has 1 aromatic heterocycles. The van der Waals surface area contributed by atoms with Gasteiger partial charge in [0.15, 0.2) is 0 Å². The average molecular weight is 380 g/mol. The highest BCUT2D eigenvalue weighted by Gasteiger charge is 2.47. The van der Waals surface area contributed by atoms with Crippen molar-refractivity contribution in [1.82, 2.24) is 15.3 Å². The molecule has 0 saturated heterocycles. The highest BCUT2D eigenvalue weighted by molar-refractivity contribution is 5.89. The summed E-state index contributed by atoms with van der Waals surface area (Å²) in [5.74, 6) is 0.661. The SMILES string of the molecule is CN(Cc1ccccc1)c1ncc2c(n1)CC(C)(C)C[C@H]2NC(=O)C1(N)CC1. The van der Waals surface area contributed by atoms with Crippen molar-refractivity contribution in [2.75, 3.05) is 11.9 Å². The third kappa shape index (κ3) is 3.87. The van der Waals surface area contributed by atoms with Crippen molar-refractivity contribution in [3.63, 3.8) is 0 Å². The molecular formula is C22H29N5O. The summed E-state index contributed by atoms with van der Waals surface area (Å²) in [4.78, 5) is 24.0. The minimum absolute atomic E-state index is 0.0496. The smallest absolute Gasteiger partial charge is 0.240 e. The van der Waals surface area contributed by atoms with Gasteiger partial charge in [-0.15, -0.1) is 0 Å². The van der Waals surface area contributed by atoms with E-state index in [4.69, 9.17) is 10.7 Å². The molecule has 1 aromatic carbocycles. The van der Waals surface area contributed by atoms with E-state index in [0.717, 1.165) is 43.5 Å². The number of carbonyl (C=O) groups excluding carboxylic acids is 1. The highest BCUT2D eigenvalue weighted by Crippen LogP contribution is 2.41. The molecule has 3 N–H and O–H groups in total. The van der Waals surface area contributed by atoms with E-state index in [9.17, 15) is 4.79 Å². The van der Waals surface area contributed by atoms with E-state index in [1.54, 1.807) is 0 Å². The molecule has 2 aromatic rings. The number of aromatic nitrogens is 2. The lowest BCUT2D eigenvalue weighted by Crippen LogP contribution is -2.46. The van der Waals surface area contributed by atoms with Crippen LogP contribution in [-0.4, -0.2) is 28.5 Å². The first-order valence-electron chi connectivity index (χ1n) is 9.97. The molecule has 1 amide bonds. The molecule has 0 spiro atoms. The zero-order valence-corrected chi connectivity index (χ0v) is 16.9. The third-order valence-corrected chi connectivity index (χ3v) is 5.82. The zero-order chi connectivity index (χ0) is 19.9. The first-order valence-corrected chi connectivity index (χ1v) is 9.97.